The Morgan fingerprint density at radius 3 is 2.92 bits per heavy atom. The lowest BCUT2D eigenvalue weighted by atomic mass is 10.1. The summed E-state index contributed by atoms with van der Waals surface area (Å²) in [5, 5.41) is 4.93. The van der Waals surface area contributed by atoms with E-state index >= 15 is 0 Å². The quantitative estimate of drug-likeness (QED) is 0.571. The standard InChI is InChI=1S/C20H18N4O2/c1-2-10-21-20(25)15-11-22-19-18(15)24-17(12-23-19)26-16-9-5-7-13-6-3-4-8-14(13)16/h3-9,11-12H,2,10H2,1H3,(H,21,25)(H,22,23). The number of ether oxygens (including phenoxy) is 1. The number of carbonyl (C=O) groups is 1. The molecule has 0 atom stereocenters. The van der Waals surface area contributed by atoms with Crippen LogP contribution in [0, 0.1) is 0 Å². The third-order valence-electron chi connectivity index (χ3n) is 4.10. The molecule has 0 unspecified atom stereocenters. The van der Waals surface area contributed by atoms with Gasteiger partial charge in [0, 0.05) is 18.1 Å². The molecule has 0 aliphatic rings. The molecule has 4 aromatic rings. The third kappa shape index (κ3) is 2.97. The summed E-state index contributed by atoms with van der Waals surface area (Å²) < 4.78 is 5.97. The minimum atomic E-state index is -0.172. The molecule has 26 heavy (non-hydrogen) atoms. The van der Waals surface area contributed by atoms with Crippen LogP contribution < -0.4 is 10.1 Å². The molecule has 0 saturated carbocycles. The van der Waals surface area contributed by atoms with E-state index < -0.39 is 0 Å². The highest BCUT2D eigenvalue weighted by Crippen LogP contribution is 2.29. The van der Waals surface area contributed by atoms with Crippen LogP contribution in [0.3, 0.4) is 0 Å². The SMILES string of the molecule is CCCNC(=O)c1c[nH]c2ncc(Oc3cccc4ccccc34)nc12. The molecule has 0 spiro atoms. The summed E-state index contributed by atoms with van der Waals surface area (Å²) in [4.78, 5) is 24.1. The molecule has 2 N–H and O–H groups in total. The Balaban J connectivity index is 1.70. The smallest absolute Gasteiger partial charge is 0.255 e. The molecule has 2 aromatic heterocycles. The Labute approximate surface area is 150 Å². The molecule has 0 saturated heterocycles. The summed E-state index contributed by atoms with van der Waals surface area (Å²) in [5.74, 6) is 0.872. The Morgan fingerprint density at radius 1 is 1.19 bits per heavy atom. The van der Waals surface area contributed by atoms with Gasteiger partial charge >= 0.3 is 0 Å². The molecule has 1 amide bonds. The van der Waals surface area contributed by atoms with Crippen molar-refractivity contribution >= 4 is 27.8 Å². The molecule has 0 aliphatic heterocycles. The average molecular weight is 346 g/mol. The highest BCUT2D eigenvalue weighted by molar-refractivity contribution is 6.04. The van der Waals surface area contributed by atoms with Crippen LogP contribution in [0.4, 0.5) is 0 Å². The van der Waals surface area contributed by atoms with Crippen LogP contribution in [0.5, 0.6) is 11.6 Å². The van der Waals surface area contributed by atoms with E-state index in [0.29, 0.717) is 34.9 Å². The lowest BCUT2D eigenvalue weighted by molar-refractivity contribution is 0.0955. The summed E-state index contributed by atoms with van der Waals surface area (Å²) in [5.41, 5.74) is 1.51. The first-order chi connectivity index (χ1) is 12.8. The van der Waals surface area contributed by atoms with E-state index in [-0.39, 0.29) is 5.91 Å². The Bertz CT molecular complexity index is 1080. The summed E-state index contributed by atoms with van der Waals surface area (Å²) in [6.45, 7) is 2.62. The topological polar surface area (TPSA) is 79.9 Å². The van der Waals surface area contributed by atoms with Crippen molar-refractivity contribution in [3.8, 4) is 11.6 Å². The van der Waals surface area contributed by atoms with Crippen molar-refractivity contribution < 1.29 is 9.53 Å². The number of hydrogen-bond donors (Lipinski definition) is 2. The number of aromatic amines is 1. The fraction of sp³-hybridized carbons (Fsp3) is 0.150. The van der Waals surface area contributed by atoms with E-state index in [9.17, 15) is 4.79 Å². The lowest BCUT2D eigenvalue weighted by Crippen LogP contribution is -2.23. The molecule has 0 radical (unpaired) electrons. The molecular formula is C20H18N4O2. The minimum Gasteiger partial charge on any atom is -0.437 e. The van der Waals surface area contributed by atoms with E-state index in [2.05, 4.69) is 20.3 Å². The predicted octanol–water partition coefficient (Wildman–Crippen LogP) is 4.04. The number of benzene rings is 2. The van der Waals surface area contributed by atoms with Gasteiger partial charge in [0.25, 0.3) is 5.91 Å². The fourth-order valence-corrected chi connectivity index (χ4v) is 2.83. The normalized spacial score (nSPS) is 11.0. The van der Waals surface area contributed by atoms with E-state index in [4.69, 9.17) is 4.74 Å². The molecule has 4 rings (SSSR count). The summed E-state index contributed by atoms with van der Waals surface area (Å²) in [6.07, 6.45) is 4.04. The van der Waals surface area contributed by atoms with Crippen molar-refractivity contribution in [1.82, 2.24) is 20.3 Å². The molecule has 130 valence electrons. The number of nitrogens with one attached hydrogen (secondary N) is 2. The van der Waals surface area contributed by atoms with Gasteiger partial charge in [-0.2, -0.15) is 0 Å². The van der Waals surface area contributed by atoms with E-state index in [1.54, 1.807) is 12.4 Å². The number of rotatable bonds is 5. The number of nitrogens with zero attached hydrogens (tertiary/aromatic N) is 2. The highest BCUT2D eigenvalue weighted by atomic mass is 16.5. The number of hydrogen-bond acceptors (Lipinski definition) is 4. The van der Waals surface area contributed by atoms with E-state index in [1.165, 1.54) is 0 Å². The minimum absolute atomic E-state index is 0.172. The van der Waals surface area contributed by atoms with Gasteiger partial charge in [-0.15, -0.1) is 0 Å². The molecule has 6 nitrogen and oxygen atoms in total. The zero-order valence-corrected chi connectivity index (χ0v) is 14.3. The van der Waals surface area contributed by atoms with Gasteiger partial charge in [-0.05, 0) is 17.9 Å². The number of aromatic nitrogens is 3. The van der Waals surface area contributed by atoms with Gasteiger partial charge in [-0.25, -0.2) is 9.97 Å². The molecule has 6 heteroatoms. The van der Waals surface area contributed by atoms with Crippen molar-refractivity contribution in [1.29, 1.82) is 0 Å². The zero-order valence-electron chi connectivity index (χ0n) is 14.3. The van der Waals surface area contributed by atoms with Crippen LogP contribution in [-0.4, -0.2) is 27.4 Å². The van der Waals surface area contributed by atoms with Gasteiger partial charge in [-0.1, -0.05) is 43.3 Å². The van der Waals surface area contributed by atoms with Crippen LogP contribution in [0.1, 0.15) is 23.7 Å². The third-order valence-corrected chi connectivity index (χ3v) is 4.10. The van der Waals surface area contributed by atoms with Crippen molar-refractivity contribution in [2.24, 2.45) is 0 Å². The molecule has 0 aliphatic carbocycles. The van der Waals surface area contributed by atoms with E-state index in [0.717, 1.165) is 17.2 Å². The maximum Gasteiger partial charge on any atom is 0.255 e. The molecule has 0 bridgehead atoms. The van der Waals surface area contributed by atoms with Crippen LogP contribution in [0.2, 0.25) is 0 Å². The zero-order chi connectivity index (χ0) is 17.9. The molecule has 2 aromatic carbocycles. The Hall–Kier alpha value is -3.41. The van der Waals surface area contributed by atoms with Gasteiger partial charge < -0.3 is 15.0 Å². The van der Waals surface area contributed by atoms with E-state index in [1.807, 2.05) is 49.4 Å². The number of carbonyl (C=O) groups excluding carboxylic acids is 1. The monoisotopic (exact) mass is 346 g/mol. The van der Waals surface area contributed by atoms with Crippen molar-refractivity contribution in [2.75, 3.05) is 6.54 Å². The maximum absolute atomic E-state index is 12.3. The molecular weight excluding hydrogens is 328 g/mol. The van der Waals surface area contributed by atoms with Gasteiger partial charge in [-0.3, -0.25) is 4.79 Å². The number of amides is 1. The van der Waals surface area contributed by atoms with Gasteiger partial charge in [0.1, 0.15) is 11.3 Å². The van der Waals surface area contributed by atoms with Crippen molar-refractivity contribution in [3.63, 3.8) is 0 Å². The van der Waals surface area contributed by atoms with Gasteiger partial charge in [0.2, 0.25) is 5.88 Å². The lowest BCUT2D eigenvalue weighted by Gasteiger charge is -2.08. The van der Waals surface area contributed by atoms with Crippen LogP contribution in [0.15, 0.2) is 54.9 Å². The average Bonchev–Trinajstić information content (AvgIpc) is 3.10. The molecule has 2 heterocycles. The fourth-order valence-electron chi connectivity index (χ4n) is 2.83. The second-order valence-electron chi connectivity index (χ2n) is 5.94. The first-order valence-corrected chi connectivity index (χ1v) is 8.54. The predicted molar refractivity (Wildman–Crippen MR) is 101 cm³/mol. The van der Waals surface area contributed by atoms with Crippen molar-refractivity contribution in [2.45, 2.75) is 13.3 Å². The number of fused-ring (bicyclic) bond motifs is 2. The first kappa shape index (κ1) is 16.1. The second-order valence-corrected chi connectivity index (χ2v) is 5.94. The first-order valence-electron chi connectivity index (χ1n) is 8.54. The second kappa shape index (κ2) is 6.84. The largest absolute Gasteiger partial charge is 0.437 e. The summed E-state index contributed by atoms with van der Waals surface area (Å²) in [7, 11) is 0. The summed E-state index contributed by atoms with van der Waals surface area (Å²) in [6, 6.07) is 13.8. The molecule has 0 fully saturated rings. The highest BCUT2D eigenvalue weighted by Gasteiger charge is 2.15. The Morgan fingerprint density at radius 2 is 2.04 bits per heavy atom. The van der Waals surface area contributed by atoms with Crippen LogP contribution in [-0.2, 0) is 0 Å². The van der Waals surface area contributed by atoms with Gasteiger partial charge in [0.05, 0.1) is 11.8 Å². The van der Waals surface area contributed by atoms with Crippen molar-refractivity contribution in [3.05, 3.63) is 60.4 Å². The Kier molecular flexibility index (Phi) is 4.23. The summed E-state index contributed by atoms with van der Waals surface area (Å²) >= 11 is 0. The van der Waals surface area contributed by atoms with Crippen LogP contribution >= 0.6 is 0 Å². The van der Waals surface area contributed by atoms with Crippen LogP contribution in [0.25, 0.3) is 21.9 Å². The van der Waals surface area contributed by atoms with Gasteiger partial charge in [0.15, 0.2) is 5.65 Å². The maximum atomic E-state index is 12.3. The number of H-pyrrole nitrogens is 1.